The third-order valence-corrected chi connectivity index (χ3v) is 6.00. The zero-order valence-electron chi connectivity index (χ0n) is 12.1. The maximum atomic E-state index is 12.3. The number of hydrogen-bond donors (Lipinski definition) is 3. The van der Waals surface area contributed by atoms with Gasteiger partial charge in [0.15, 0.2) is 0 Å². The molecule has 3 N–H and O–H groups in total. The van der Waals surface area contributed by atoms with Crippen molar-refractivity contribution in [2.24, 2.45) is 5.92 Å². The molecule has 7 nitrogen and oxygen atoms in total. The van der Waals surface area contributed by atoms with Crippen molar-refractivity contribution < 1.29 is 23.4 Å². The minimum Gasteiger partial charge on any atom is -0.480 e. The first kappa shape index (κ1) is 16.7. The summed E-state index contributed by atoms with van der Waals surface area (Å²) in [6.45, 7) is 0.577. The third-order valence-electron chi connectivity index (χ3n) is 4.42. The highest BCUT2D eigenvalue weighted by Crippen LogP contribution is 2.24. The second-order valence-electron chi connectivity index (χ2n) is 5.99. The number of aliphatic carboxylic acids is 1. The molecule has 2 fully saturated rings. The van der Waals surface area contributed by atoms with Crippen LogP contribution in [0.25, 0.3) is 0 Å². The summed E-state index contributed by atoms with van der Waals surface area (Å²) < 4.78 is 28.3. The molecule has 0 amide bonds. The lowest BCUT2D eigenvalue weighted by molar-refractivity contribution is -0.142. The van der Waals surface area contributed by atoms with Crippen LogP contribution in [0.4, 0.5) is 0 Å². The van der Waals surface area contributed by atoms with Gasteiger partial charge in [0.2, 0.25) is 0 Å². The van der Waals surface area contributed by atoms with Gasteiger partial charge in [-0.3, -0.25) is 4.79 Å². The Labute approximate surface area is 125 Å². The first-order valence-electron chi connectivity index (χ1n) is 7.57. The largest absolute Gasteiger partial charge is 0.480 e. The van der Waals surface area contributed by atoms with Crippen LogP contribution in [0.2, 0.25) is 0 Å². The van der Waals surface area contributed by atoms with E-state index in [1.807, 2.05) is 0 Å². The SMILES string of the molecule is O=C(O)C1CCCCN1S(=O)(=O)NCC1CCC(O)CC1. The number of carboxylic acids is 1. The van der Waals surface area contributed by atoms with Crippen LogP contribution in [0, 0.1) is 5.92 Å². The quantitative estimate of drug-likeness (QED) is 0.676. The Morgan fingerprint density at radius 3 is 2.43 bits per heavy atom. The minimum atomic E-state index is -3.75. The van der Waals surface area contributed by atoms with E-state index in [0.717, 1.165) is 23.6 Å². The molecule has 0 bridgehead atoms. The molecule has 0 spiro atoms. The van der Waals surface area contributed by atoms with E-state index in [-0.39, 0.29) is 18.6 Å². The molecule has 8 heteroatoms. The Balaban J connectivity index is 1.92. The lowest BCUT2D eigenvalue weighted by Gasteiger charge is -2.33. The molecule has 2 aliphatic rings. The maximum absolute atomic E-state index is 12.3. The highest BCUT2D eigenvalue weighted by molar-refractivity contribution is 7.87. The van der Waals surface area contributed by atoms with Crippen LogP contribution in [0.15, 0.2) is 0 Å². The molecule has 0 aromatic rings. The van der Waals surface area contributed by atoms with Gasteiger partial charge < -0.3 is 10.2 Å². The van der Waals surface area contributed by atoms with Gasteiger partial charge in [0.05, 0.1) is 6.10 Å². The number of rotatable bonds is 5. The molecule has 1 aliphatic heterocycles. The van der Waals surface area contributed by atoms with Gasteiger partial charge in [-0.05, 0) is 50.9 Å². The zero-order chi connectivity index (χ0) is 15.5. The van der Waals surface area contributed by atoms with E-state index < -0.39 is 22.2 Å². The van der Waals surface area contributed by atoms with E-state index in [0.29, 0.717) is 32.2 Å². The summed E-state index contributed by atoms with van der Waals surface area (Å²) in [4.78, 5) is 11.2. The van der Waals surface area contributed by atoms with Gasteiger partial charge in [-0.25, -0.2) is 4.72 Å². The predicted molar refractivity (Wildman–Crippen MR) is 76.9 cm³/mol. The van der Waals surface area contributed by atoms with Crippen LogP contribution in [-0.2, 0) is 15.0 Å². The Morgan fingerprint density at radius 2 is 1.81 bits per heavy atom. The van der Waals surface area contributed by atoms with Crippen molar-refractivity contribution >= 4 is 16.2 Å². The summed E-state index contributed by atoms with van der Waals surface area (Å²) in [7, 11) is -3.75. The van der Waals surface area contributed by atoms with Gasteiger partial charge >= 0.3 is 5.97 Å². The summed E-state index contributed by atoms with van der Waals surface area (Å²) >= 11 is 0. The number of carboxylic acid groups (broad SMARTS) is 1. The average Bonchev–Trinajstić information content (AvgIpc) is 2.47. The molecule has 1 unspecified atom stereocenters. The molecule has 122 valence electrons. The second-order valence-corrected chi connectivity index (χ2v) is 7.70. The molecule has 1 atom stereocenters. The van der Waals surface area contributed by atoms with E-state index in [9.17, 15) is 18.3 Å². The third kappa shape index (κ3) is 4.38. The lowest BCUT2D eigenvalue weighted by atomic mass is 9.88. The molecular formula is C13H24N2O5S. The number of nitrogens with one attached hydrogen (secondary N) is 1. The van der Waals surface area contributed by atoms with Gasteiger partial charge in [-0.15, -0.1) is 0 Å². The molecule has 0 radical (unpaired) electrons. The van der Waals surface area contributed by atoms with Crippen molar-refractivity contribution in [2.75, 3.05) is 13.1 Å². The first-order valence-corrected chi connectivity index (χ1v) is 9.01. The van der Waals surface area contributed by atoms with Gasteiger partial charge in [0, 0.05) is 13.1 Å². The van der Waals surface area contributed by atoms with Crippen LogP contribution < -0.4 is 4.72 Å². The molecule has 2 rings (SSSR count). The van der Waals surface area contributed by atoms with E-state index in [2.05, 4.69) is 4.72 Å². The Kier molecular flexibility index (Phi) is 5.59. The smallest absolute Gasteiger partial charge is 0.322 e. The Hall–Kier alpha value is -0.700. The molecule has 1 saturated heterocycles. The molecule has 1 saturated carbocycles. The van der Waals surface area contributed by atoms with Crippen molar-refractivity contribution in [1.82, 2.24) is 9.03 Å². The molecule has 1 aliphatic carbocycles. The fourth-order valence-corrected chi connectivity index (χ4v) is 4.61. The monoisotopic (exact) mass is 320 g/mol. The molecule has 21 heavy (non-hydrogen) atoms. The number of hydrogen-bond acceptors (Lipinski definition) is 4. The van der Waals surface area contributed by atoms with Crippen molar-refractivity contribution in [3.63, 3.8) is 0 Å². The van der Waals surface area contributed by atoms with Gasteiger partial charge in [-0.2, -0.15) is 12.7 Å². The van der Waals surface area contributed by atoms with Crippen molar-refractivity contribution in [3.05, 3.63) is 0 Å². The van der Waals surface area contributed by atoms with Crippen LogP contribution >= 0.6 is 0 Å². The summed E-state index contributed by atoms with van der Waals surface area (Å²) in [6, 6.07) is -0.954. The second kappa shape index (κ2) is 7.04. The molecule has 0 aromatic heterocycles. The van der Waals surface area contributed by atoms with Gasteiger partial charge in [0.25, 0.3) is 10.2 Å². The highest BCUT2D eigenvalue weighted by Gasteiger charge is 2.36. The van der Waals surface area contributed by atoms with E-state index in [4.69, 9.17) is 5.11 Å². The van der Waals surface area contributed by atoms with Gasteiger partial charge in [-0.1, -0.05) is 0 Å². The molecular weight excluding hydrogens is 296 g/mol. The number of nitrogens with zero attached hydrogens (tertiary/aromatic N) is 1. The van der Waals surface area contributed by atoms with Crippen LogP contribution in [0.1, 0.15) is 44.9 Å². The lowest BCUT2D eigenvalue weighted by Crippen LogP contribution is -2.52. The first-order chi connectivity index (χ1) is 9.90. The van der Waals surface area contributed by atoms with Crippen molar-refractivity contribution in [1.29, 1.82) is 0 Å². The summed E-state index contributed by atoms with van der Waals surface area (Å²) in [5.74, 6) is -0.864. The topological polar surface area (TPSA) is 107 Å². The number of aliphatic hydroxyl groups excluding tert-OH is 1. The number of aliphatic hydroxyl groups is 1. The summed E-state index contributed by atoms with van der Waals surface area (Å²) in [5.41, 5.74) is 0. The maximum Gasteiger partial charge on any atom is 0.322 e. The Bertz CT molecular complexity index is 459. The molecule has 0 aromatic carbocycles. The van der Waals surface area contributed by atoms with E-state index in [1.54, 1.807) is 0 Å². The number of piperidine rings is 1. The van der Waals surface area contributed by atoms with Gasteiger partial charge in [0.1, 0.15) is 6.04 Å². The van der Waals surface area contributed by atoms with Crippen molar-refractivity contribution in [2.45, 2.75) is 57.1 Å². The van der Waals surface area contributed by atoms with Crippen LogP contribution in [-0.4, -0.2) is 54.1 Å². The summed E-state index contributed by atoms with van der Waals surface area (Å²) in [6.07, 6.45) is 4.53. The van der Waals surface area contributed by atoms with E-state index >= 15 is 0 Å². The van der Waals surface area contributed by atoms with Crippen LogP contribution in [0.3, 0.4) is 0 Å². The highest BCUT2D eigenvalue weighted by atomic mass is 32.2. The average molecular weight is 320 g/mol. The predicted octanol–water partition coefficient (Wildman–Crippen LogP) is 0.311. The number of carbonyl (C=O) groups is 1. The van der Waals surface area contributed by atoms with E-state index in [1.165, 1.54) is 0 Å². The fourth-order valence-electron chi connectivity index (χ4n) is 3.09. The standard InChI is InChI=1S/C13H24N2O5S/c16-11-6-4-10(5-7-11)9-14-21(19,20)15-8-2-1-3-12(15)13(17)18/h10-12,14,16H,1-9H2,(H,17,18). The fraction of sp³-hybridized carbons (Fsp3) is 0.923. The Morgan fingerprint density at radius 1 is 1.14 bits per heavy atom. The molecule has 1 heterocycles. The van der Waals surface area contributed by atoms with Crippen LogP contribution in [0.5, 0.6) is 0 Å². The minimum absolute atomic E-state index is 0.219. The normalized spacial score (nSPS) is 32.0. The summed E-state index contributed by atoms with van der Waals surface area (Å²) in [5, 5.41) is 18.6. The van der Waals surface area contributed by atoms with Crippen molar-refractivity contribution in [3.8, 4) is 0 Å². The zero-order valence-corrected chi connectivity index (χ0v) is 12.9.